The Balaban J connectivity index is 1.85. The molecule has 0 radical (unpaired) electrons. The Morgan fingerprint density at radius 3 is 2.85 bits per heavy atom. The van der Waals surface area contributed by atoms with Crippen molar-refractivity contribution in [3.8, 4) is 0 Å². The van der Waals surface area contributed by atoms with E-state index in [4.69, 9.17) is 0 Å². The fraction of sp³-hybridized carbons (Fsp3) is 0.611. The van der Waals surface area contributed by atoms with Gasteiger partial charge in [0, 0.05) is 17.5 Å². The number of ketones is 1. The van der Waals surface area contributed by atoms with E-state index in [9.17, 15) is 4.79 Å². The normalized spacial score (nSPS) is 26.4. The van der Waals surface area contributed by atoms with E-state index < -0.39 is 0 Å². The standard InChI is InChI=1S/C18H25NO/c1-2-9-18(10-11-19-13-18)17(20)16-8-4-7-15(12-16)14-5-3-6-14/h4,7-8,12,14,19H,2-3,5-6,9-11,13H2,1H3. The zero-order chi connectivity index (χ0) is 14.0. The molecule has 2 fully saturated rings. The number of Topliss-reactive ketones (excluding diaryl/α,β-unsaturated/α-hetero) is 1. The van der Waals surface area contributed by atoms with Crippen LogP contribution in [0.1, 0.15) is 67.3 Å². The van der Waals surface area contributed by atoms with Gasteiger partial charge in [-0.15, -0.1) is 0 Å². The molecule has 1 atom stereocenters. The van der Waals surface area contributed by atoms with Crippen molar-refractivity contribution >= 4 is 5.78 Å². The summed E-state index contributed by atoms with van der Waals surface area (Å²) in [6.45, 7) is 4.01. The smallest absolute Gasteiger partial charge is 0.170 e. The molecule has 3 rings (SSSR count). The molecule has 1 aromatic carbocycles. The van der Waals surface area contributed by atoms with Crippen molar-refractivity contribution in [1.29, 1.82) is 0 Å². The maximum absolute atomic E-state index is 13.0. The van der Waals surface area contributed by atoms with E-state index in [2.05, 4.69) is 30.4 Å². The summed E-state index contributed by atoms with van der Waals surface area (Å²) in [6, 6.07) is 8.45. The van der Waals surface area contributed by atoms with E-state index in [1.165, 1.54) is 24.8 Å². The lowest BCUT2D eigenvalue weighted by atomic mass is 9.74. The summed E-state index contributed by atoms with van der Waals surface area (Å²) >= 11 is 0. The predicted molar refractivity (Wildman–Crippen MR) is 82.2 cm³/mol. The van der Waals surface area contributed by atoms with E-state index in [0.717, 1.165) is 37.9 Å². The van der Waals surface area contributed by atoms with Crippen LogP contribution in [-0.2, 0) is 0 Å². The average Bonchev–Trinajstić information content (AvgIpc) is 2.86. The summed E-state index contributed by atoms with van der Waals surface area (Å²) in [4.78, 5) is 13.0. The van der Waals surface area contributed by atoms with E-state index in [1.807, 2.05) is 6.07 Å². The van der Waals surface area contributed by atoms with Crippen molar-refractivity contribution in [2.24, 2.45) is 5.41 Å². The molecular formula is C18H25NO. The summed E-state index contributed by atoms with van der Waals surface area (Å²) in [5, 5.41) is 3.39. The second kappa shape index (κ2) is 5.69. The Hall–Kier alpha value is -1.15. The van der Waals surface area contributed by atoms with Crippen molar-refractivity contribution in [3.05, 3.63) is 35.4 Å². The molecule has 2 heteroatoms. The van der Waals surface area contributed by atoms with Crippen molar-refractivity contribution < 1.29 is 4.79 Å². The lowest BCUT2D eigenvalue weighted by Crippen LogP contribution is -2.33. The summed E-state index contributed by atoms with van der Waals surface area (Å²) in [6.07, 6.45) is 7.00. The van der Waals surface area contributed by atoms with E-state index in [0.29, 0.717) is 11.7 Å². The highest BCUT2D eigenvalue weighted by Crippen LogP contribution is 2.38. The minimum absolute atomic E-state index is 0.146. The quantitative estimate of drug-likeness (QED) is 0.822. The largest absolute Gasteiger partial charge is 0.316 e. The Labute approximate surface area is 122 Å². The van der Waals surface area contributed by atoms with Gasteiger partial charge < -0.3 is 5.32 Å². The molecular weight excluding hydrogens is 246 g/mol. The third-order valence-electron chi connectivity index (χ3n) is 5.18. The van der Waals surface area contributed by atoms with Crippen LogP contribution in [0.25, 0.3) is 0 Å². The van der Waals surface area contributed by atoms with Gasteiger partial charge in [0.2, 0.25) is 0 Å². The van der Waals surface area contributed by atoms with Crippen molar-refractivity contribution in [1.82, 2.24) is 5.32 Å². The van der Waals surface area contributed by atoms with Crippen LogP contribution in [0.3, 0.4) is 0 Å². The van der Waals surface area contributed by atoms with Gasteiger partial charge in [-0.25, -0.2) is 0 Å². The maximum atomic E-state index is 13.0. The molecule has 2 aliphatic rings. The van der Waals surface area contributed by atoms with Gasteiger partial charge in [-0.2, -0.15) is 0 Å². The maximum Gasteiger partial charge on any atom is 0.170 e. The lowest BCUT2D eigenvalue weighted by Gasteiger charge is -2.28. The summed E-state index contributed by atoms with van der Waals surface area (Å²) < 4.78 is 0. The summed E-state index contributed by atoms with van der Waals surface area (Å²) in [7, 11) is 0. The van der Waals surface area contributed by atoms with E-state index in [1.54, 1.807) is 0 Å². The number of nitrogens with one attached hydrogen (secondary N) is 1. The average molecular weight is 271 g/mol. The highest BCUT2D eigenvalue weighted by atomic mass is 16.1. The van der Waals surface area contributed by atoms with Crippen molar-refractivity contribution in [2.75, 3.05) is 13.1 Å². The zero-order valence-electron chi connectivity index (χ0n) is 12.5. The molecule has 1 unspecified atom stereocenters. The Kier molecular flexibility index (Phi) is 3.93. The molecule has 0 amide bonds. The van der Waals surface area contributed by atoms with Crippen LogP contribution in [-0.4, -0.2) is 18.9 Å². The molecule has 108 valence electrons. The number of carbonyl (C=O) groups is 1. The molecule has 20 heavy (non-hydrogen) atoms. The lowest BCUT2D eigenvalue weighted by molar-refractivity contribution is 0.0801. The van der Waals surface area contributed by atoms with Gasteiger partial charge in [0.15, 0.2) is 5.78 Å². The van der Waals surface area contributed by atoms with Gasteiger partial charge in [0.05, 0.1) is 0 Å². The fourth-order valence-corrected chi connectivity index (χ4v) is 3.72. The van der Waals surface area contributed by atoms with Crippen LogP contribution in [0.4, 0.5) is 0 Å². The summed E-state index contributed by atoms with van der Waals surface area (Å²) in [5.74, 6) is 1.07. The van der Waals surface area contributed by atoms with E-state index in [-0.39, 0.29) is 5.41 Å². The zero-order valence-corrected chi connectivity index (χ0v) is 12.5. The molecule has 1 aromatic rings. The van der Waals surface area contributed by atoms with Crippen LogP contribution in [0.15, 0.2) is 24.3 Å². The third kappa shape index (κ3) is 2.42. The Morgan fingerprint density at radius 1 is 1.40 bits per heavy atom. The molecule has 1 saturated heterocycles. The molecule has 1 N–H and O–H groups in total. The van der Waals surface area contributed by atoms with Gasteiger partial charge >= 0.3 is 0 Å². The Morgan fingerprint density at radius 2 is 2.25 bits per heavy atom. The van der Waals surface area contributed by atoms with Gasteiger partial charge in [-0.1, -0.05) is 38.0 Å². The van der Waals surface area contributed by atoms with Gasteiger partial charge in [0.1, 0.15) is 0 Å². The third-order valence-corrected chi connectivity index (χ3v) is 5.18. The highest BCUT2D eigenvalue weighted by molar-refractivity contribution is 6.01. The summed E-state index contributed by atoms with van der Waals surface area (Å²) in [5.41, 5.74) is 2.17. The van der Waals surface area contributed by atoms with Crippen LogP contribution in [0.5, 0.6) is 0 Å². The van der Waals surface area contributed by atoms with Crippen molar-refractivity contribution in [3.63, 3.8) is 0 Å². The molecule has 1 aliphatic heterocycles. The minimum atomic E-state index is -0.146. The first-order valence-corrected chi connectivity index (χ1v) is 8.11. The van der Waals surface area contributed by atoms with E-state index >= 15 is 0 Å². The molecule has 0 spiro atoms. The monoisotopic (exact) mass is 271 g/mol. The minimum Gasteiger partial charge on any atom is -0.316 e. The van der Waals surface area contributed by atoms with Crippen LogP contribution in [0, 0.1) is 5.41 Å². The number of hydrogen-bond acceptors (Lipinski definition) is 2. The highest BCUT2D eigenvalue weighted by Gasteiger charge is 2.40. The van der Waals surface area contributed by atoms with Crippen LogP contribution < -0.4 is 5.32 Å². The molecule has 2 nitrogen and oxygen atoms in total. The predicted octanol–water partition coefficient (Wildman–Crippen LogP) is 3.92. The van der Waals surface area contributed by atoms with Crippen LogP contribution >= 0.6 is 0 Å². The fourth-order valence-electron chi connectivity index (χ4n) is 3.72. The number of benzene rings is 1. The number of rotatable bonds is 5. The SMILES string of the molecule is CCCC1(C(=O)c2cccc(C3CCC3)c2)CCNC1. The van der Waals surface area contributed by atoms with Crippen molar-refractivity contribution in [2.45, 2.75) is 51.4 Å². The number of carbonyl (C=O) groups excluding carboxylic acids is 1. The molecule has 0 bridgehead atoms. The molecule has 1 aliphatic carbocycles. The molecule has 1 saturated carbocycles. The second-order valence-electron chi connectivity index (χ2n) is 6.54. The molecule has 1 heterocycles. The van der Waals surface area contributed by atoms with Gasteiger partial charge in [-0.05, 0) is 49.8 Å². The molecule has 0 aromatic heterocycles. The number of hydrogen-bond donors (Lipinski definition) is 1. The van der Waals surface area contributed by atoms with Crippen LogP contribution in [0.2, 0.25) is 0 Å². The van der Waals surface area contributed by atoms with Gasteiger partial charge in [0.25, 0.3) is 0 Å². The topological polar surface area (TPSA) is 29.1 Å². The first-order valence-electron chi connectivity index (χ1n) is 8.11. The Bertz CT molecular complexity index is 484. The first kappa shape index (κ1) is 13.8. The second-order valence-corrected chi connectivity index (χ2v) is 6.54. The van der Waals surface area contributed by atoms with Gasteiger partial charge in [-0.3, -0.25) is 4.79 Å². The first-order chi connectivity index (χ1) is 9.75.